The molecule has 11 heteroatoms. The van der Waals surface area contributed by atoms with E-state index in [1.54, 1.807) is 32.9 Å². The highest BCUT2D eigenvalue weighted by atomic mass is 17.2. The van der Waals surface area contributed by atoms with Crippen molar-refractivity contribution < 1.29 is 33.7 Å². The highest BCUT2D eigenvalue weighted by Gasteiger charge is 2.31. The molecule has 0 saturated heterocycles. The molecule has 0 heterocycles. The summed E-state index contributed by atoms with van der Waals surface area (Å²) in [5, 5.41) is 5.66. The Kier molecular flexibility index (Phi) is 11.6. The molecule has 0 saturated carbocycles. The zero-order valence-electron chi connectivity index (χ0n) is 28.2. The van der Waals surface area contributed by atoms with Gasteiger partial charge >= 0.3 is 12.2 Å². The number of nitrogens with one attached hydrogen (secondary N) is 2. The van der Waals surface area contributed by atoms with E-state index in [2.05, 4.69) is 20.6 Å². The van der Waals surface area contributed by atoms with Crippen LogP contribution in [0.15, 0.2) is 58.5 Å². The molecular weight excluding hydrogens is 576 g/mol. The lowest BCUT2D eigenvalue weighted by Crippen LogP contribution is -2.44. The van der Waals surface area contributed by atoms with Gasteiger partial charge in [0, 0.05) is 6.42 Å². The number of isocyanates is 2. The zero-order chi connectivity index (χ0) is 34.3. The van der Waals surface area contributed by atoms with Crippen molar-refractivity contribution in [2.45, 2.75) is 116 Å². The van der Waals surface area contributed by atoms with Gasteiger partial charge in [0.15, 0.2) is 0 Å². The van der Waals surface area contributed by atoms with Crippen molar-refractivity contribution in [1.82, 2.24) is 10.6 Å². The monoisotopic (exact) mass is 622 g/mol. The number of rotatable bonds is 13. The maximum atomic E-state index is 12.8. The van der Waals surface area contributed by atoms with Gasteiger partial charge in [-0.15, -0.1) is 0 Å². The molecule has 45 heavy (non-hydrogen) atoms. The molecule has 0 spiro atoms. The molecular formula is C34H46N4O7. The zero-order valence-corrected chi connectivity index (χ0v) is 28.2. The lowest BCUT2D eigenvalue weighted by molar-refractivity contribution is -0.311. The largest absolute Gasteiger partial charge is 0.446 e. The van der Waals surface area contributed by atoms with Gasteiger partial charge in [-0.25, -0.2) is 19.2 Å². The fourth-order valence-electron chi connectivity index (χ4n) is 4.75. The SMILES string of the molecule is CC(CC(C)(C)OOC(=O)NC(C)(C)c1ccc(C(C)(C)N=C=O)cc1)OC(=O)NC(C)(C)c1ccc(C(C)(C)N=C=O)cc1. The number of benzene rings is 2. The van der Waals surface area contributed by atoms with Crippen molar-refractivity contribution in [2.75, 3.05) is 0 Å². The molecule has 0 fully saturated rings. The van der Waals surface area contributed by atoms with E-state index in [4.69, 9.17) is 14.5 Å². The van der Waals surface area contributed by atoms with Crippen molar-refractivity contribution in [3.8, 4) is 0 Å². The number of hydrogen-bond donors (Lipinski definition) is 2. The summed E-state index contributed by atoms with van der Waals surface area (Å²) in [5.74, 6) is 0. The second kappa shape index (κ2) is 14.2. The summed E-state index contributed by atoms with van der Waals surface area (Å²) < 4.78 is 5.58. The lowest BCUT2D eigenvalue weighted by atomic mass is 9.89. The van der Waals surface area contributed by atoms with E-state index < -0.39 is 46.0 Å². The first-order valence-electron chi connectivity index (χ1n) is 14.7. The van der Waals surface area contributed by atoms with Crippen molar-refractivity contribution in [3.05, 3.63) is 70.8 Å². The number of carbonyl (C=O) groups excluding carboxylic acids is 4. The van der Waals surface area contributed by atoms with Gasteiger partial charge in [-0.3, -0.25) is 4.89 Å². The molecule has 2 aromatic rings. The Bertz CT molecular complexity index is 1430. The molecule has 1 unspecified atom stereocenters. The molecule has 0 aliphatic rings. The van der Waals surface area contributed by atoms with E-state index in [0.29, 0.717) is 0 Å². The van der Waals surface area contributed by atoms with Crippen LogP contribution < -0.4 is 10.6 Å². The third kappa shape index (κ3) is 10.7. The maximum Gasteiger partial charge on any atom is 0.439 e. The van der Waals surface area contributed by atoms with E-state index in [9.17, 15) is 19.2 Å². The minimum Gasteiger partial charge on any atom is -0.446 e. The quantitative estimate of drug-likeness (QED) is 0.107. The summed E-state index contributed by atoms with van der Waals surface area (Å²) in [6.07, 6.45) is 1.45. The first-order valence-corrected chi connectivity index (χ1v) is 14.7. The number of hydrogen-bond acceptors (Lipinski definition) is 9. The van der Waals surface area contributed by atoms with Gasteiger partial charge in [-0.05, 0) is 98.4 Å². The van der Waals surface area contributed by atoms with E-state index >= 15 is 0 Å². The van der Waals surface area contributed by atoms with Crippen LogP contribution in [0.2, 0.25) is 0 Å². The van der Waals surface area contributed by atoms with Crippen LogP contribution in [0.5, 0.6) is 0 Å². The predicted octanol–water partition coefficient (Wildman–Crippen LogP) is 6.94. The fraction of sp³-hybridized carbons (Fsp3) is 0.529. The van der Waals surface area contributed by atoms with Crippen molar-refractivity contribution in [3.63, 3.8) is 0 Å². The summed E-state index contributed by atoms with van der Waals surface area (Å²) in [4.78, 5) is 65.0. The number of carbonyl (C=O) groups is 2. The average molecular weight is 623 g/mol. The Morgan fingerprint density at radius 3 is 1.40 bits per heavy atom. The maximum absolute atomic E-state index is 12.8. The number of aliphatic imine (C=N–C) groups is 2. The van der Waals surface area contributed by atoms with Gasteiger partial charge < -0.3 is 15.4 Å². The Morgan fingerprint density at radius 1 is 0.667 bits per heavy atom. The normalized spacial score (nSPS) is 13.0. The summed E-state index contributed by atoms with van der Waals surface area (Å²) >= 11 is 0. The predicted molar refractivity (Wildman–Crippen MR) is 170 cm³/mol. The van der Waals surface area contributed by atoms with Crippen LogP contribution in [0.4, 0.5) is 9.59 Å². The Morgan fingerprint density at radius 2 is 1.02 bits per heavy atom. The minimum atomic E-state index is -0.977. The van der Waals surface area contributed by atoms with Gasteiger partial charge in [-0.1, -0.05) is 48.5 Å². The van der Waals surface area contributed by atoms with E-state index in [1.165, 1.54) is 0 Å². The van der Waals surface area contributed by atoms with Crippen molar-refractivity contribution in [2.24, 2.45) is 9.98 Å². The molecule has 2 rings (SSSR count). The molecule has 0 radical (unpaired) electrons. The Hall–Kier alpha value is -4.30. The van der Waals surface area contributed by atoms with Crippen LogP contribution in [0.25, 0.3) is 0 Å². The highest BCUT2D eigenvalue weighted by Crippen LogP contribution is 2.29. The van der Waals surface area contributed by atoms with Crippen LogP contribution in [0, 0.1) is 0 Å². The van der Waals surface area contributed by atoms with E-state index in [0.717, 1.165) is 22.3 Å². The van der Waals surface area contributed by atoms with Crippen molar-refractivity contribution in [1.29, 1.82) is 0 Å². The smallest absolute Gasteiger partial charge is 0.439 e. The first kappa shape index (κ1) is 36.9. The Balaban J connectivity index is 1.91. The molecule has 244 valence electrons. The highest BCUT2D eigenvalue weighted by molar-refractivity contribution is 5.69. The Labute approximate surface area is 265 Å². The van der Waals surface area contributed by atoms with Gasteiger partial charge in [0.1, 0.15) is 11.7 Å². The second-order valence-electron chi connectivity index (χ2n) is 13.8. The molecule has 0 aromatic heterocycles. The minimum absolute atomic E-state index is 0.235. The van der Waals surface area contributed by atoms with E-state index in [-0.39, 0.29) is 6.42 Å². The number of ether oxygens (including phenoxy) is 1. The van der Waals surface area contributed by atoms with Crippen LogP contribution in [0.1, 0.15) is 105 Å². The summed E-state index contributed by atoms with van der Waals surface area (Å²) in [5.41, 5.74) is -0.661. The lowest BCUT2D eigenvalue weighted by Gasteiger charge is -2.30. The molecule has 0 aliphatic heterocycles. The molecule has 0 aliphatic carbocycles. The standard InChI is InChI=1S/C34H46N4O7/c1-23(43-28(41)37-33(8,9)26-16-12-24(13-17-26)31(4,5)35-21-39)20-30(2,3)45-44-29(42)38-34(10,11)27-18-14-25(15-19-27)32(6,7)36-22-40/h12-19,23H,20H2,1-11H3,(H,37,41)(H,38,42). The third-order valence-corrected chi connectivity index (χ3v) is 7.54. The average Bonchev–Trinajstić information content (AvgIpc) is 2.91. The van der Waals surface area contributed by atoms with Crippen LogP contribution in [-0.2, 0) is 46.3 Å². The molecule has 11 nitrogen and oxygen atoms in total. The number of nitrogens with zero attached hydrogens (tertiary/aromatic N) is 2. The fourth-order valence-corrected chi connectivity index (χ4v) is 4.75. The van der Waals surface area contributed by atoms with Gasteiger partial charge in [0.25, 0.3) is 0 Å². The molecule has 2 aromatic carbocycles. The van der Waals surface area contributed by atoms with E-state index in [1.807, 2.05) is 104 Å². The van der Waals surface area contributed by atoms with Gasteiger partial charge in [0.2, 0.25) is 12.2 Å². The summed E-state index contributed by atoms with van der Waals surface area (Å²) in [6, 6.07) is 14.8. The van der Waals surface area contributed by atoms with Crippen LogP contribution in [0.3, 0.4) is 0 Å². The first-order chi connectivity index (χ1) is 20.6. The van der Waals surface area contributed by atoms with Crippen molar-refractivity contribution >= 4 is 24.3 Å². The van der Waals surface area contributed by atoms with Crippen LogP contribution >= 0.6 is 0 Å². The second-order valence-corrected chi connectivity index (χ2v) is 13.8. The summed E-state index contributed by atoms with van der Waals surface area (Å²) in [7, 11) is 0. The third-order valence-electron chi connectivity index (χ3n) is 7.54. The summed E-state index contributed by atoms with van der Waals surface area (Å²) in [6.45, 7) is 19.7. The van der Waals surface area contributed by atoms with Crippen LogP contribution in [-0.4, -0.2) is 36.1 Å². The molecule has 2 N–H and O–H groups in total. The molecule has 2 amide bonds. The topological polar surface area (TPSA) is 145 Å². The molecule has 0 bridgehead atoms. The van der Waals surface area contributed by atoms with Gasteiger partial charge in [0.05, 0.1) is 22.2 Å². The number of alkyl carbamates (subject to hydrolysis) is 1. The molecule has 1 atom stereocenters. The number of amides is 2. The van der Waals surface area contributed by atoms with Gasteiger partial charge in [-0.2, -0.15) is 14.9 Å².